The fourth-order valence-corrected chi connectivity index (χ4v) is 3.02. The van der Waals surface area contributed by atoms with Gasteiger partial charge in [0, 0.05) is 11.6 Å². The number of aryl methyl sites for hydroxylation is 3. The molecule has 0 saturated heterocycles. The molecule has 1 heterocycles. The molecule has 0 N–H and O–H groups in total. The molecule has 0 bridgehead atoms. The molecule has 0 atom stereocenters. The number of nitrogens with zero attached hydrogens (tertiary/aromatic N) is 1. The lowest BCUT2D eigenvalue weighted by Crippen LogP contribution is -2.06. The van der Waals surface area contributed by atoms with Gasteiger partial charge in [-0.25, -0.2) is 9.79 Å². The molecule has 2 aromatic carbocycles. The summed E-state index contributed by atoms with van der Waals surface area (Å²) in [7, 11) is 3.13. The molecule has 0 amide bonds. The van der Waals surface area contributed by atoms with E-state index in [2.05, 4.69) is 17.1 Å². The maximum Gasteiger partial charge on any atom is 0.363 e. The van der Waals surface area contributed by atoms with Crippen LogP contribution in [-0.4, -0.2) is 26.1 Å². The number of hydrogen-bond acceptors (Lipinski definition) is 5. The van der Waals surface area contributed by atoms with E-state index in [1.165, 1.54) is 5.56 Å². The molecule has 3 rings (SSSR count). The van der Waals surface area contributed by atoms with Crippen molar-refractivity contribution < 1.29 is 19.0 Å². The molecule has 0 aliphatic carbocycles. The Morgan fingerprint density at radius 2 is 1.50 bits per heavy atom. The van der Waals surface area contributed by atoms with Gasteiger partial charge in [0.05, 0.1) is 14.2 Å². The van der Waals surface area contributed by atoms with Crippen LogP contribution in [0.3, 0.4) is 0 Å². The molecule has 0 fully saturated rings. The number of carbonyl (C=O) groups is 1. The van der Waals surface area contributed by atoms with Crippen LogP contribution in [0.15, 0.2) is 41.0 Å². The summed E-state index contributed by atoms with van der Waals surface area (Å²) in [5.41, 5.74) is 5.25. The molecule has 0 aromatic heterocycles. The summed E-state index contributed by atoms with van der Waals surface area (Å²) >= 11 is 0. The minimum atomic E-state index is -0.471. The maximum atomic E-state index is 12.3. The highest BCUT2D eigenvalue weighted by molar-refractivity contribution is 6.13. The molecule has 1 aliphatic rings. The van der Waals surface area contributed by atoms with Crippen molar-refractivity contribution >= 4 is 17.9 Å². The van der Waals surface area contributed by atoms with Gasteiger partial charge in [0.25, 0.3) is 0 Å². The van der Waals surface area contributed by atoms with Gasteiger partial charge in [0.1, 0.15) is 11.5 Å². The Morgan fingerprint density at radius 1 is 0.923 bits per heavy atom. The number of hydrogen-bond donors (Lipinski definition) is 0. The molecule has 134 valence electrons. The van der Waals surface area contributed by atoms with E-state index in [1.807, 2.05) is 20.8 Å². The minimum absolute atomic E-state index is 0.237. The van der Waals surface area contributed by atoms with Crippen LogP contribution in [0.25, 0.3) is 6.08 Å². The predicted octanol–water partition coefficient (Wildman–Crippen LogP) is 3.97. The summed E-state index contributed by atoms with van der Waals surface area (Å²) in [5.74, 6) is 0.962. The average Bonchev–Trinajstić information content (AvgIpc) is 2.98. The Morgan fingerprint density at radius 3 is 2.04 bits per heavy atom. The third-order valence-electron chi connectivity index (χ3n) is 4.24. The zero-order valence-corrected chi connectivity index (χ0v) is 15.5. The molecule has 0 unspecified atom stereocenters. The van der Waals surface area contributed by atoms with E-state index >= 15 is 0 Å². The first-order valence-electron chi connectivity index (χ1n) is 8.25. The van der Waals surface area contributed by atoms with Crippen molar-refractivity contribution in [2.75, 3.05) is 14.2 Å². The van der Waals surface area contributed by atoms with Crippen LogP contribution in [0.4, 0.5) is 0 Å². The van der Waals surface area contributed by atoms with E-state index in [0.717, 1.165) is 16.7 Å². The summed E-state index contributed by atoms with van der Waals surface area (Å²) in [6, 6.07) is 9.41. The van der Waals surface area contributed by atoms with Gasteiger partial charge < -0.3 is 14.2 Å². The van der Waals surface area contributed by atoms with Crippen LogP contribution in [0.2, 0.25) is 0 Å². The Balaban J connectivity index is 2.03. The third-order valence-corrected chi connectivity index (χ3v) is 4.24. The Labute approximate surface area is 152 Å². The highest BCUT2D eigenvalue weighted by atomic mass is 16.6. The number of cyclic esters (lactones) is 1. The second kappa shape index (κ2) is 7.04. The fraction of sp³-hybridized carbons (Fsp3) is 0.238. The quantitative estimate of drug-likeness (QED) is 0.618. The Hall–Kier alpha value is -3.08. The van der Waals surface area contributed by atoms with E-state index in [4.69, 9.17) is 14.2 Å². The summed E-state index contributed by atoms with van der Waals surface area (Å²) < 4.78 is 15.9. The van der Waals surface area contributed by atoms with Gasteiger partial charge in [-0.3, -0.25) is 0 Å². The van der Waals surface area contributed by atoms with E-state index in [9.17, 15) is 4.79 Å². The number of ether oxygens (including phenoxy) is 3. The zero-order chi connectivity index (χ0) is 18.8. The molecule has 0 saturated carbocycles. The molecule has 26 heavy (non-hydrogen) atoms. The normalized spacial score (nSPS) is 15.0. The van der Waals surface area contributed by atoms with Crippen LogP contribution >= 0.6 is 0 Å². The van der Waals surface area contributed by atoms with Crippen LogP contribution in [0.5, 0.6) is 11.5 Å². The highest BCUT2D eigenvalue weighted by Crippen LogP contribution is 2.27. The van der Waals surface area contributed by atoms with Gasteiger partial charge in [-0.05, 0) is 55.7 Å². The molecular weight excluding hydrogens is 330 g/mol. The smallest absolute Gasteiger partial charge is 0.363 e. The number of benzene rings is 2. The van der Waals surface area contributed by atoms with E-state index in [1.54, 1.807) is 38.5 Å². The lowest BCUT2D eigenvalue weighted by molar-refractivity contribution is -0.129. The second-order valence-electron chi connectivity index (χ2n) is 6.25. The first kappa shape index (κ1) is 17.7. The van der Waals surface area contributed by atoms with E-state index in [0.29, 0.717) is 17.1 Å². The lowest BCUT2D eigenvalue weighted by Gasteiger charge is -2.07. The number of rotatable bonds is 4. The first-order chi connectivity index (χ1) is 12.4. The molecule has 5 heteroatoms. The van der Waals surface area contributed by atoms with Crippen LogP contribution in [-0.2, 0) is 9.53 Å². The highest BCUT2D eigenvalue weighted by Gasteiger charge is 2.25. The molecule has 0 radical (unpaired) electrons. The largest absolute Gasteiger partial charge is 0.497 e. The van der Waals surface area contributed by atoms with E-state index in [-0.39, 0.29) is 11.6 Å². The molecule has 1 aliphatic heterocycles. The SMILES string of the molecule is COc1cc(OC)cc(C2=N/C(=C\c3c(C)cc(C)cc3C)C(=O)O2)c1. The summed E-state index contributed by atoms with van der Waals surface area (Å²) in [5, 5.41) is 0. The van der Waals surface area contributed by atoms with Crippen LogP contribution in [0, 0.1) is 20.8 Å². The van der Waals surface area contributed by atoms with Crippen molar-refractivity contribution in [1.82, 2.24) is 0 Å². The van der Waals surface area contributed by atoms with Crippen molar-refractivity contribution in [3.8, 4) is 11.5 Å². The first-order valence-corrected chi connectivity index (χ1v) is 8.25. The minimum Gasteiger partial charge on any atom is -0.497 e. The Kier molecular flexibility index (Phi) is 4.80. The monoisotopic (exact) mass is 351 g/mol. The van der Waals surface area contributed by atoms with Gasteiger partial charge in [0.15, 0.2) is 5.70 Å². The number of esters is 1. The maximum absolute atomic E-state index is 12.3. The second-order valence-corrected chi connectivity index (χ2v) is 6.25. The summed E-state index contributed by atoms with van der Waals surface area (Å²) in [6.45, 7) is 6.08. The van der Waals surface area contributed by atoms with Gasteiger partial charge >= 0.3 is 5.97 Å². The van der Waals surface area contributed by atoms with Gasteiger partial charge in [-0.1, -0.05) is 17.7 Å². The zero-order valence-electron chi connectivity index (χ0n) is 15.5. The summed E-state index contributed by atoms with van der Waals surface area (Å²) in [4.78, 5) is 16.7. The third kappa shape index (κ3) is 3.47. The molecule has 5 nitrogen and oxygen atoms in total. The number of carbonyl (C=O) groups excluding carboxylic acids is 1. The average molecular weight is 351 g/mol. The Bertz CT molecular complexity index is 896. The molecule has 0 spiro atoms. The van der Waals surface area contributed by atoms with Crippen LogP contribution in [0.1, 0.15) is 27.8 Å². The van der Waals surface area contributed by atoms with Crippen molar-refractivity contribution in [1.29, 1.82) is 0 Å². The van der Waals surface area contributed by atoms with Crippen molar-refractivity contribution in [2.24, 2.45) is 4.99 Å². The van der Waals surface area contributed by atoms with Gasteiger partial charge in [-0.15, -0.1) is 0 Å². The molecular formula is C21H21NO4. The summed E-state index contributed by atoms with van der Waals surface area (Å²) in [6.07, 6.45) is 1.77. The van der Waals surface area contributed by atoms with Crippen molar-refractivity contribution in [3.63, 3.8) is 0 Å². The van der Waals surface area contributed by atoms with Gasteiger partial charge in [0.2, 0.25) is 5.90 Å². The topological polar surface area (TPSA) is 57.1 Å². The standard InChI is InChI=1S/C21H21NO4/c1-12-6-13(2)18(14(3)7-12)11-19-21(23)26-20(22-19)15-8-16(24-4)10-17(9-15)25-5/h6-11H,1-5H3/b19-11-. The fourth-order valence-electron chi connectivity index (χ4n) is 3.02. The van der Waals surface area contributed by atoms with E-state index < -0.39 is 5.97 Å². The lowest BCUT2D eigenvalue weighted by atomic mass is 9.99. The number of methoxy groups -OCH3 is 2. The van der Waals surface area contributed by atoms with Crippen LogP contribution < -0.4 is 9.47 Å². The predicted molar refractivity (Wildman–Crippen MR) is 101 cm³/mol. The number of aliphatic imine (C=N–C) groups is 1. The van der Waals surface area contributed by atoms with Crippen molar-refractivity contribution in [3.05, 3.63) is 63.8 Å². The van der Waals surface area contributed by atoms with Crippen molar-refractivity contribution in [2.45, 2.75) is 20.8 Å². The molecule has 2 aromatic rings. The van der Waals surface area contributed by atoms with Gasteiger partial charge in [-0.2, -0.15) is 0 Å².